The predicted molar refractivity (Wildman–Crippen MR) is 129 cm³/mol. The zero-order valence-electron chi connectivity index (χ0n) is 19.8. The summed E-state index contributed by atoms with van der Waals surface area (Å²) in [5, 5.41) is 12.1. The standard InChI is InChI=1S/C29H37ClO2/c1-19(31)24-10-11-25-23-9-6-21-18-29(32,15-12-20-4-7-22(30)8-5-20)17-16-27(21,2)26(23)13-14-28(24,25)3/h4-5,7-8,21,23-26,32H,6,9-11,13-14,16-18H2,1-3H3/t21-,23?,24-,25?,26?,27+,28-,29-/m1/s1. The largest absolute Gasteiger partial charge is 0.378 e. The number of rotatable bonds is 1. The van der Waals surface area contributed by atoms with E-state index in [4.69, 9.17) is 11.6 Å². The summed E-state index contributed by atoms with van der Waals surface area (Å²) in [5.41, 5.74) is 0.544. The molecule has 0 aliphatic heterocycles. The van der Waals surface area contributed by atoms with Gasteiger partial charge in [-0.2, -0.15) is 0 Å². The molecule has 0 saturated heterocycles. The van der Waals surface area contributed by atoms with E-state index >= 15 is 0 Å². The lowest BCUT2D eigenvalue weighted by Crippen LogP contribution is -2.56. The smallest absolute Gasteiger partial charge is 0.133 e. The number of benzene rings is 1. The molecule has 32 heavy (non-hydrogen) atoms. The number of aliphatic hydroxyl groups is 1. The van der Waals surface area contributed by atoms with Crippen LogP contribution in [0.25, 0.3) is 0 Å². The molecule has 1 aromatic carbocycles. The Labute approximate surface area is 198 Å². The molecule has 0 spiro atoms. The topological polar surface area (TPSA) is 37.3 Å². The molecular weight excluding hydrogens is 416 g/mol. The number of fused-ring (bicyclic) bond motifs is 5. The lowest BCUT2D eigenvalue weighted by molar-refractivity contribution is -0.144. The van der Waals surface area contributed by atoms with E-state index in [1.807, 2.05) is 31.2 Å². The molecule has 8 atom stereocenters. The van der Waals surface area contributed by atoms with Crippen LogP contribution in [0.15, 0.2) is 24.3 Å². The van der Waals surface area contributed by atoms with Crippen molar-refractivity contribution < 1.29 is 9.90 Å². The van der Waals surface area contributed by atoms with Crippen molar-refractivity contribution >= 4 is 17.4 Å². The molecule has 3 heteroatoms. The van der Waals surface area contributed by atoms with Gasteiger partial charge in [-0.1, -0.05) is 37.3 Å². The average molecular weight is 453 g/mol. The monoisotopic (exact) mass is 452 g/mol. The van der Waals surface area contributed by atoms with Gasteiger partial charge in [0, 0.05) is 16.5 Å². The van der Waals surface area contributed by atoms with Crippen molar-refractivity contribution in [2.24, 2.45) is 40.4 Å². The molecule has 4 aliphatic carbocycles. The molecule has 0 radical (unpaired) electrons. The van der Waals surface area contributed by atoms with Crippen molar-refractivity contribution in [2.45, 2.75) is 84.2 Å². The molecule has 4 saturated carbocycles. The molecule has 1 N–H and O–H groups in total. The second-order valence-corrected chi connectivity index (χ2v) is 12.4. The Morgan fingerprint density at radius 1 is 0.969 bits per heavy atom. The van der Waals surface area contributed by atoms with Crippen LogP contribution in [0, 0.1) is 52.3 Å². The van der Waals surface area contributed by atoms with Crippen LogP contribution in [0.3, 0.4) is 0 Å². The van der Waals surface area contributed by atoms with E-state index in [0.717, 1.165) is 43.1 Å². The summed E-state index contributed by atoms with van der Waals surface area (Å²) < 4.78 is 0. The Balaban J connectivity index is 1.34. The van der Waals surface area contributed by atoms with E-state index in [1.165, 1.54) is 32.1 Å². The first-order chi connectivity index (χ1) is 15.1. The van der Waals surface area contributed by atoms with Crippen molar-refractivity contribution in [2.75, 3.05) is 0 Å². The zero-order valence-corrected chi connectivity index (χ0v) is 20.5. The maximum atomic E-state index is 12.4. The van der Waals surface area contributed by atoms with Crippen LogP contribution < -0.4 is 0 Å². The van der Waals surface area contributed by atoms with E-state index in [0.29, 0.717) is 28.1 Å². The van der Waals surface area contributed by atoms with Crippen LogP contribution in [-0.4, -0.2) is 16.5 Å². The highest BCUT2D eigenvalue weighted by atomic mass is 35.5. The van der Waals surface area contributed by atoms with E-state index in [1.54, 1.807) is 0 Å². The van der Waals surface area contributed by atoms with Gasteiger partial charge in [0.15, 0.2) is 0 Å². The number of carbonyl (C=O) groups excluding carboxylic acids is 1. The summed E-state index contributed by atoms with van der Waals surface area (Å²) in [6, 6.07) is 7.55. The molecule has 5 rings (SSSR count). The van der Waals surface area contributed by atoms with Gasteiger partial charge in [0.2, 0.25) is 0 Å². The van der Waals surface area contributed by atoms with Gasteiger partial charge in [0.1, 0.15) is 11.4 Å². The first-order valence-corrected chi connectivity index (χ1v) is 13.0. The van der Waals surface area contributed by atoms with Crippen LogP contribution in [0.2, 0.25) is 5.02 Å². The van der Waals surface area contributed by atoms with Crippen molar-refractivity contribution in [1.29, 1.82) is 0 Å². The number of Topliss-reactive ketones (excluding diaryl/α,β-unsaturated/α-hetero) is 1. The highest BCUT2D eigenvalue weighted by Crippen LogP contribution is 2.68. The number of halogens is 1. The molecular formula is C29H37ClO2. The minimum Gasteiger partial charge on any atom is -0.378 e. The average Bonchev–Trinajstić information content (AvgIpc) is 3.12. The molecule has 172 valence electrons. The zero-order chi connectivity index (χ0) is 22.7. The van der Waals surface area contributed by atoms with Gasteiger partial charge in [-0.05, 0) is 123 Å². The van der Waals surface area contributed by atoms with Crippen LogP contribution in [0.5, 0.6) is 0 Å². The Morgan fingerprint density at radius 2 is 1.69 bits per heavy atom. The maximum Gasteiger partial charge on any atom is 0.133 e. The van der Waals surface area contributed by atoms with Gasteiger partial charge in [0.25, 0.3) is 0 Å². The normalized spacial score (nSPS) is 45.1. The van der Waals surface area contributed by atoms with E-state index in [2.05, 4.69) is 25.7 Å². The van der Waals surface area contributed by atoms with Crippen molar-refractivity contribution in [3.05, 3.63) is 34.9 Å². The summed E-state index contributed by atoms with van der Waals surface area (Å²) in [6.45, 7) is 6.75. The third-order valence-electron chi connectivity index (χ3n) is 10.5. The highest BCUT2D eigenvalue weighted by molar-refractivity contribution is 6.30. The quantitative estimate of drug-likeness (QED) is 0.483. The van der Waals surface area contributed by atoms with Crippen LogP contribution in [-0.2, 0) is 4.79 Å². The SMILES string of the molecule is CC(=O)[C@H]1CCC2C3CC[C@@H]4C[C@@](O)(C#Cc5ccc(Cl)cc5)CC[C@]4(C)C3CC[C@@]21C. The van der Waals surface area contributed by atoms with Gasteiger partial charge < -0.3 is 5.11 Å². The lowest BCUT2D eigenvalue weighted by atomic mass is 9.44. The number of hydrogen-bond acceptors (Lipinski definition) is 2. The fraction of sp³-hybridized carbons (Fsp3) is 0.690. The lowest BCUT2D eigenvalue weighted by Gasteiger charge is -2.61. The van der Waals surface area contributed by atoms with Crippen molar-refractivity contribution in [3.63, 3.8) is 0 Å². The fourth-order valence-corrected chi connectivity index (χ4v) is 8.87. The molecule has 4 aliphatic rings. The minimum atomic E-state index is -0.882. The van der Waals surface area contributed by atoms with Gasteiger partial charge in [0.05, 0.1) is 0 Å². The third kappa shape index (κ3) is 3.56. The van der Waals surface area contributed by atoms with E-state index in [-0.39, 0.29) is 11.3 Å². The van der Waals surface area contributed by atoms with Gasteiger partial charge in [-0.3, -0.25) is 4.79 Å². The molecule has 0 aromatic heterocycles. The fourth-order valence-electron chi connectivity index (χ4n) is 8.75. The van der Waals surface area contributed by atoms with Crippen molar-refractivity contribution in [3.8, 4) is 11.8 Å². The number of carbonyl (C=O) groups is 1. The Kier molecular flexibility index (Phi) is 5.54. The predicted octanol–water partition coefficient (Wildman–Crippen LogP) is 6.67. The molecule has 0 amide bonds. The second kappa shape index (κ2) is 7.89. The molecule has 2 nitrogen and oxygen atoms in total. The van der Waals surface area contributed by atoms with Crippen LogP contribution >= 0.6 is 11.6 Å². The Bertz CT molecular complexity index is 958. The molecule has 1 aromatic rings. The maximum absolute atomic E-state index is 12.4. The molecule has 4 fully saturated rings. The first-order valence-electron chi connectivity index (χ1n) is 12.7. The van der Waals surface area contributed by atoms with Crippen LogP contribution in [0.4, 0.5) is 0 Å². The summed E-state index contributed by atoms with van der Waals surface area (Å²) >= 11 is 5.99. The molecule has 3 unspecified atom stereocenters. The molecule has 0 bridgehead atoms. The minimum absolute atomic E-state index is 0.218. The number of ketones is 1. The third-order valence-corrected chi connectivity index (χ3v) is 10.8. The second-order valence-electron chi connectivity index (χ2n) is 11.9. The van der Waals surface area contributed by atoms with Gasteiger partial charge in [-0.25, -0.2) is 0 Å². The van der Waals surface area contributed by atoms with Crippen LogP contribution in [0.1, 0.15) is 84.1 Å². The number of hydrogen-bond donors (Lipinski definition) is 1. The van der Waals surface area contributed by atoms with Gasteiger partial charge in [-0.15, -0.1) is 0 Å². The Morgan fingerprint density at radius 3 is 2.41 bits per heavy atom. The first kappa shape index (κ1) is 22.5. The van der Waals surface area contributed by atoms with Crippen molar-refractivity contribution in [1.82, 2.24) is 0 Å². The summed E-state index contributed by atoms with van der Waals surface area (Å²) in [6.07, 6.45) is 9.86. The van der Waals surface area contributed by atoms with Gasteiger partial charge >= 0.3 is 0 Å². The van der Waals surface area contributed by atoms with E-state index in [9.17, 15) is 9.90 Å². The van der Waals surface area contributed by atoms with E-state index < -0.39 is 5.60 Å². The summed E-state index contributed by atoms with van der Waals surface area (Å²) in [4.78, 5) is 12.4. The highest BCUT2D eigenvalue weighted by Gasteiger charge is 2.61. The summed E-state index contributed by atoms with van der Waals surface area (Å²) in [5.74, 6) is 9.87. The Hall–Kier alpha value is -1.30. The summed E-state index contributed by atoms with van der Waals surface area (Å²) in [7, 11) is 0. The molecule has 0 heterocycles.